The van der Waals surface area contributed by atoms with E-state index >= 15 is 0 Å². The maximum Gasteiger partial charge on any atom is 0.0476 e. The molecule has 2 rings (SSSR count). The smallest absolute Gasteiger partial charge is 0.0476 e. The lowest BCUT2D eigenvalue weighted by atomic mass is 9.95. The summed E-state index contributed by atoms with van der Waals surface area (Å²) < 4.78 is 0. The summed E-state index contributed by atoms with van der Waals surface area (Å²) >= 11 is 0. The average molecular weight is 247 g/mol. The quantitative estimate of drug-likeness (QED) is 0.884. The van der Waals surface area contributed by atoms with Crippen molar-refractivity contribution in [3.05, 3.63) is 29.3 Å². The van der Waals surface area contributed by atoms with Crippen molar-refractivity contribution >= 4 is 5.69 Å². The number of aliphatic hydroxyl groups is 1. The first kappa shape index (κ1) is 13.4. The van der Waals surface area contributed by atoms with Crippen molar-refractivity contribution in [2.24, 2.45) is 5.92 Å². The predicted octanol–water partition coefficient (Wildman–Crippen LogP) is 3.02. The Morgan fingerprint density at radius 2 is 1.89 bits per heavy atom. The minimum absolute atomic E-state index is 0.326. The van der Waals surface area contributed by atoms with Crippen LogP contribution in [0.4, 0.5) is 5.69 Å². The minimum atomic E-state index is 0.326. The highest BCUT2D eigenvalue weighted by molar-refractivity contribution is 5.60. The van der Waals surface area contributed by atoms with Crippen LogP contribution >= 0.6 is 0 Å². The van der Waals surface area contributed by atoms with Gasteiger partial charge in [0.25, 0.3) is 0 Å². The van der Waals surface area contributed by atoms with Gasteiger partial charge in [-0.1, -0.05) is 32.0 Å². The third-order valence-corrected chi connectivity index (χ3v) is 4.06. The summed E-state index contributed by atoms with van der Waals surface area (Å²) in [5, 5.41) is 9.38. The monoisotopic (exact) mass is 247 g/mol. The molecule has 1 unspecified atom stereocenters. The van der Waals surface area contributed by atoms with E-state index in [1.54, 1.807) is 0 Å². The summed E-state index contributed by atoms with van der Waals surface area (Å²) in [5.41, 5.74) is 4.35. The van der Waals surface area contributed by atoms with Crippen LogP contribution in [0.1, 0.15) is 37.8 Å². The van der Waals surface area contributed by atoms with Gasteiger partial charge in [-0.05, 0) is 42.7 Å². The molecule has 1 aromatic rings. The lowest BCUT2D eigenvalue weighted by Gasteiger charge is -2.36. The second-order valence-electron chi connectivity index (χ2n) is 5.27. The number of benzene rings is 1. The molecular formula is C16H25NO. The Labute approximate surface area is 111 Å². The van der Waals surface area contributed by atoms with Crippen molar-refractivity contribution in [3.63, 3.8) is 0 Å². The summed E-state index contributed by atoms with van der Waals surface area (Å²) in [6.45, 7) is 6.94. The SMILES string of the molecule is CCc1cccc(CC)c1N1CCCC(CO)C1. The van der Waals surface area contributed by atoms with Crippen molar-refractivity contribution < 1.29 is 5.11 Å². The lowest BCUT2D eigenvalue weighted by molar-refractivity contribution is 0.208. The Morgan fingerprint density at radius 1 is 1.22 bits per heavy atom. The molecule has 0 radical (unpaired) electrons. The molecule has 1 heterocycles. The van der Waals surface area contributed by atoms with Gasteiger partial charge in [-0.2, -0.15) is 0 Å². The summed E-state index contributed by atoms with van der Waals surface area (Å²) in [5.74, 6) is 0.452. The Kier molecular flexibility index (Phi) is 4.65. The Hall–Kier alpha value is -1.02. The molecule has 18 heavy (non-hydrogen) atoms. The molecule has 2 nitrogen and oxygen atoms in total. The van der Waals surface area contributed by atoms with Gasteiger partial charge in [-0.25, -0.2) is 0 Å². The van der Waals surface area contributed by atoms with Gasteiger partial charge in [0.2, 0.25) is 0 Å². The van der Waals surface area contributed by atoms with E-state index in [0.717, 1.165) is 25.9 Å². The zero-order valence-electron chi connectivity index (χ0n) is 11.7. The van der Waals surface area contributed by atoms with Crippen LogP contribution in [-0.4, -0.2) is 24.8 Å². The largest absolute Gasteiger partial charge is 0.396 e. The Morgan fingerprint density at radius 3 is 2.44 bits per heavy atom. The predicted molar refractivity (Wildman–Crippen MR) is 77.2 cm³/mol. The van der Waals surface area contributed by atoms with Gasteiger partial charge < -0.3 is 10.0 Å². The summed E-state index contributed by atoms with van der Waals surface area (Å²) in [7, 11) is 0. The van der Waals surface area contributed by atoms with E-state index < -0.39 is 0 Å². The Bertz CT molecular complexity index is 366. The number of aliphatic hydroxyl groups excluding tert-OH is 1. The topological polar surface area (TPSA) is 23.5 Å². The van der Waals surface area contributed by atoms with Crippen LogP contribution in [0.25, 0.3) is 0 Å². The van der Waals surface area contributed by atoms with E-state index in [1.165, 1.54) is 29.7 Å². The van der Waals surface area contributed by atoms with Crippen molar-refractivity contribution in [2.45, 2.75) is 39.5 Å². The zero-order chi connectivity index (χ0) is 13.0. The van der Waals surface area contributed by atoms with E-state index in [9.17, 15) is 5.11 Å². The average Bonchev–Trinajstić information content (AvgIpc) is 2.46. The van der Waals surface area contributed by atoms with Crippen LogP contribution < -0.4 is 4.90 Å². The number of anilines is 1. The van der Waals surface area contributed by atoms with Crippen molar-refractivity contribution in [2.75, 3.05) is 24.6 Å². The number of piperidine rings is 1. The minimum Gasteiger partial charge on any atom is -0.396 e. The lowest BCUT2D eigenvalue weighted by Crippen LogP contribution is -2.37. The molecule has 1 saturated heterocycles. The summed E-state index contributed by atoms with van der Waals surface area (Å²) in [6, 6.07) is 6.67. The standard InChI is InChI=1S/C16H25NO/c1-3-14-8-5-9-15(4-2)16(14)17-10-6-7-13(11-17)12-18/h5,8-9,13,18H,3-4,6-7,10-12H2,1-2H3. The first-order chi connectivity index (χ1) is 8.80. The Balaban J connectivity index is 2.30. The fourth-order valence-electron chi connectivity index (χ4n) is 3.04. The number of hydrogen-bond acceptors (Lipinski definition) is 2. The van der Waals surface area contributed by atoms with Gasteiger partial charge in [0.15, 0.2) is 0 Å². The van der Waals surface area contributed by atoms with Crippen molar-refractivity contribution in [3.8, 4) is 0 Å². The van der Waals surface area contributed by atoms with Crippen LogP contribution in [-0.2, 0) is 12.8 Å². The van der Waals surface area contributed by atoms with Gasteiger partial charge in [0.05, 0.1) is 0 Å². The fourth-order valence-corrected chi connectivity index (χ4v) is 3.04. The van der Waals surface area contributed by atoms with Crippen molar-refractivity contribution in [1.82, 2.24) is 0 Å². The maximum absolute atomic E-state index is 9.38. The highest BCUT2D eigenvalue weighted by Crippen LogP contribution is 2.30. The van der Waals surface area contributed by atoms with E-state index in [-0.39, 0.29) is 0 Å². The molecule has 1 aliphatic rings. The van der Waals surface area contributed by atoms with Crippen LogP contribution in [0.2, 0.25) is 0 Å². The second-order valence-corrected chi connectivity index (χ2v) is 5.27. The number of aryl methyl sites for hydroxylation is 2. The molecule has 1 atom stereocenters. The highest BCUT2D eigenvalue weighted by atomic mass is 16.3. The molecule has 1 aromatic carbocycles. The number of nitrogens with zero attached hydrogens (tertiary/aromatic N) is 1. The maximum atomic E-state index is 9.38. The fraction of sp³-hybridized carbons (Fsp3) is 0.625. The van der Waals surface area contributed by atoms with E-state index in [4.69, 9.17) is 0 Å². The molecule has 1 aliphatic heterocycles. The van der Waals surface area contributed by atoms with Crippen LogP contribution in [0, 0.1) is 5.92 Å². The molecule has 0 amide bonds. The van der Waals surface area contributed by atoms with Gasteiger partial charge in [0, 0.05) is 25.4 Å². The third-order valence-electron chi connectivity index (χ3n) is 4.06. The zero-order valence-corrected chi connectivity index (χ0v) is 11.7. The van der Waals surface area contributed by atoms with Crippen LogP contribution in [0.3, 0.4) is 0 Å². The normalized spacial score (nSPS) is 20.2. The molecule has 0 aliphatic carbocycles. The van der Waals surface area contributed by atoms with Crippen LogP contribution in [0.5, 0.6) is 0 Å². The molecule has 0 spiro atoms. The number of para-hydroxylation sites is 1. The molecule has 1 fully saturated rings. The summed E-state index contributed by atoms with van der Waals surface area (Å²) in [4.78, 5) is 2.50. The first-order valence-corrected chi connectivity index (χ1v) is 7.26. The molecular weight excluding hydrogens is 222 g/mol. The molecule has 0 saturated carbocycles. The van der Waals surface area contributed by atoms with E-state index in [1.807, 2.05) is 0 Å². The third kappa shape index (κ3) is 2.69. The molecule has 0 bridgehead atoms. The van der Waals surface area contributed by atoms with Gasteiger partial charge in [-0.3, -0.25) is 0 Å². The van der Waals surface area contributed by atoms with Crippen LogP contribution in [0.15, 0.2) is 18.2 Å². The number of rotatable bonds is 4. The van der Waals surface area contributed by atoms with E-state index in [0.29, 0.717) is 12.5 Å². The number of hydrogen-bond donors (Lipinski definition) is 1. The van der Waals surface area contributed by atoms with Gasteiger partial charge in [-0.15, -0.1) is 0 Å². The van der Waals surface area contributed by atoms with Gasteiger partial charge in [0.1, 0.15) is 0 Å². The van der Waals surface area contributed by atoms with Crippen molar-refractivity contribution in [1.29, 1.82) is 0 Å². The molecule has 2 heteroatoms. The molecule has 1 N–H and O–H groups in total. The first-order valence-electron chi connectivity index (χ1n) is 7.26. The highest BCUT2D eigenvalue weighted by Gasteiger charge is 2.22. The van der Waals surface area contributed by atoms with E-state index in [2.05, 4.69) is 36.9 Å². The summed E-state index contributed by atoms with van der Waals surface area (Å²) in [6.07, 6.45) is 4.54. The molecule has 0 aromatic heterocycles. The van der Waals surface area contributed by atoms with Gasteiger partial charge >= 0.3 is 0 Å². The second kappa shape index (κ2) is 6.24. The molecule has 100 valence electrons.